The average molecular weight is 260 g/mol. The molecular formula is C16H18ClN. The van der Waals surface area contributed by atoms with Crippen molar-refractivity contribution in [2.24, 2.45) is 0 Å². The van der Waals surface area contributed by atoms with E-state index in [9.17, 15) is 0 Å². The van der Waals surface area contributed by atoms with Crippen molar-refractivity contribution in [2.45, 2.75) is 26.4 Å². The highest BCUT2D eigenvalue weighted by Gasteiger charge is 2.05. The van der Waals surface area contributed by atoms with Gasteiger partial charge in [0.05, 0.1) is 0 Å². The van der Waals surface area contributed by atoms with Crippen LogP contribution in [0.2, 0.25) is 5.02 Å². The van der Waals surface area contributed by atoms with Crippen LogP contribution in [0.3, 0.4) is 0 Å². The van der Waals surface area contributed by atoms with Gasteiger partial charge in [-0.25, -0.2) is 0 Å². The van der Waals surface area contributed by atoms with Gasteiger partial charge in [0, 0.05) is 17.6 Å². The summed E-state index contributed by atoms with van der Waals surface area (Å²) in [6.07, 6.45) is 0. The standard InChI is InChI=1S/C16H18ClN/c1-12-8-9-15(16(17)10-12)11-18-13(2)14-6-4-3-5-7-14/h3-10,13,18H,11H2,1-2H3. The Morgan fingerprint density at radius 1 is 1.11 bits per heavy atom. The summed E-state index contributed by atoms with van der Waals surface area (Å²) in [6, 6.07) is 16.9. The van der Waals surface area contributed by atoms with Gasteiger partial charge in [-0.1, -0.05) is 54.1 Å². The van der Waals surface area contributed by atoms with Gasteiger partial charge >= 0.3 is 0 Å². The van der Waals surface area contributed by atoms with Crippen molar-refractivity contribution in [1.82, 2.24) is 5.32 Å². The fourth-order valence-electron chi connectivity index (χ4n) is 1.92. The van der Waals surface area contributed by atoms with E-state index in [1.54, 1.807) is 0 Å². The van der Waals surface area contributed by atoms with Crippen LogP contribution in [-0.4, -0.2) is 0 Å². The van der Waals surface area contributed by atoms with E-state index in [-0.39, 0.29) is 0 Å². The lowest BCUT2D eigenvalue weighted by Crippen LogP contribution is -2.18. The molecule has 0 radical (unpaired) electrons. The zero-order valence-electron chi connectivity index (χ0n) is 10.8. The van der Waals surface area contributed by atoms with Crippen LogP contribution in [0.1, 0.15) is 29.7 Å². The lowest BCUT2D eigenvalue weighted by Gasteiger charge is -2.15. The molecule has 0 fully saturated rings. The van der Waals surface area contributed by atoms with E-state index < -0.39 is 0 Å². The molecular weight excluding hydrogens is 242 g/mol. The van der Waals surface area contributed by atoms with Crippen LogP contribution in [0.5, 0.6) is 0 Å². The molecule has 1 N–H and O–H groups in total. The molecule has 0 aliphatic rings. The van der Waals surface area contributed by atoms with E-state index in [1.165, 1.54) is 11.1 Å². The summed E-state index contributed by atoms with van der Waals surface area (Å²) in [5.41, 5.74) is 3.63. The van der Waals surface area contributed by atoms with Crippen LogP contribution >= 0.6 is 11.6 Å². The molecule has 2 aromatic rings. The molecule has 2 aromatic carbocycles. The van der Waals surface area contributed by atoms with Crippen LogP contribution < -0.4 is 5.32 Å². The van der Waals surface area contributed by atoms with E-state index in [0.29, 0.717) is 6.04 Å². The van der Waals surface area contributed by atoms with Gasteiger partial charge in [-0.2, -0.15) is 0 Å². The molecule has 2 heteroatoms. The van der Waals surface area contributed by atoms with Crippen LogP contribution in [0.25, 0.3) is 0 Å². The van der Waals surface area contributed by atoms with E-state index in [4.69, 9.17) is 11.6 Å². The highest BCUT2D eigenvalue weighted by atomic mass is 35.5. The van der Waals surface area contributed by atoms with Crippen LogP contribution in [0.4, 0.5) is 0 Å². The second-order valence-electron chi connectivity index (χ2n) is 4.61. The number of hydrogen-bond acceptors (Lipinski definition) is 1. The molecule has 0 amide bonds. The smallest absolute Gasteiger partial charge is 0.0453 e. The number of hydrogen-bond donors (Lipinski definition) is 1. The van der Waals surface area contributed by atoms with E-state index in [0.717, 1.165) is 17.1 Å². The molecule has 2 rings (SSSR count). The minimum atomic E-state index is 0.323. The zero-order chi connectivity index (χ0) is 13.0. The zero-order valence-corrected chi connectivity index (χ0v) is 11.5. The van der Waals surface area contributed by atoms with Gasteiger partial charge in [-0.3, -0.25) is 0 Å². The molecule has 0 aliphatic carbocycles. The molecule has 0 saturated heterocycles. The third kappa shape index (κ3) is 3.34. The molecule has 18 heavy (non-hydrogen) atoms. The maximum atomic E-state index is 6.22. The molecule has 94 valence electrons. The average Bonchev–Trinajstić information content (AvgIpc) is 2.38. The maximum Gasteiger partial charge on any atom is 0.0453 e. The predicted octanol–water partition coefficient (Wildman–Crippen LogP) is 4.50. The van der Waals surface area contributed by atoms with Crippen LogP contribution in [0, 0.1) is 6.92 Å². The fraction of sp³-hybridized carbons (Fsp3) is 0.250. The Labute approximate surface area is 114 Å². The number of rotatable bonds is 4. The summed E-state index contributed by atoms with van der Waals surface area (Å²) in [4.78, 5) is 0. The Kier molecular flexibility index (Phi) is 4.40. The van der Waals surface area contributed by atoms with Crippen molar-refractivity contribution < 1.29 is 0 Å². The van der Waals surface area contributed by atoms with Gasteiger partial charge in [0.15, 0.2) is 0 Å². The number of halogens is 1. The highest BCUT2D eigenvalue weighted by molar-refractivity contribution is 6.31. The maximum absolute atomic E-state index is 6.22. The lowest BCUT2D eigenvalue weighted by molar-refractivity contribution is 0.575. The van der Waals surface area contributed by atoms with Gasteiger partial charge in [0.1, 0.15) is 0 Å². The molecule has 1 nitrogen and oxygen atoms in total. The Balaban J connectivity index is 1.99. The molecule has 1 atom stereocenters. The minimum Gasteiger partial charge on any atom is -0.306 e. The molecule has 0 aliphatic heterocycles. The Morgan fingerprint density at radius 3 is 2.50 bits per heavy atom. The van der Waals surface area contributed by atoms with Crippen LogP contribution in [-0.2, 0) is 6.54 Å². The van der Waals surface area contributed by atoms with Crippen molar-refractivity contribution in [3.8, 4) is 0 Å². The first-order valence-electron chi connectivity index (χ1n) is 6.20. The number of aryl methyl sites for hydroxylation is 1. The van der Waals surface area contributed by atoms with Crippen molar-refractivity contribution >= 4 is 11.6 Å². The van der Waals surface area contributed by atoms with Crippen molar-refractivity contribution in [1.29, 1.82) is 0 Å². The van der Waals surface area contributed by atoms with Crippen molar-refractivity contribution in [3.05, 3.63) is 70.2 Å². The third-order valence-corrected chi connectivity index (χ3v) is 3.46. The van der Waals surface area contributed by atoms with Crippen molar-refractivity contribution in [2.75, 3.05) is 0 Å². The Bertz CT molecular complexity index is 508. The normalized spacial score (nSPS) is 12.4. The number of nitrogens with one attached hydrogen (secondary N) is 1. The van der Waals surface area contributed by atoms with Gasteiger partial charge in [-0.05, 0) is 36.6 Å². The van der Waals surface area contributed by atoms with Gasteiger partial charge in [0.2, 0.25) is 0 Å². The monoisotopic (exact) mass is 259 g/mol. The lowest BCUT2D eigenvalue weighted by atomic mass is 10.1. The third-order valence-electron chi connectivity index (χ3n) is 3.11. The van der Waals surface area contributed by atoms with E-state index in [2.05, 4.69) is 55.6 Å². The van der Waals surface area contributed by atoms with Gasteiger partial charge in [0.25, 0.3) is 0 Å². The molecule has 0 bridgehead atoms. The fourth-order valence-corrected chi connectivity index (χ4v) is 2.22. The van der Waals surface area contributed by atoms with Gasteiger partial charge in [-0.15, -0.1) is 0 Å². The van der Waals surface area contributed by atoms with E-state index >= 15 is 0 Å². The summed E-state index contributed by atoms with van der Waals surface area (Å²) in [7, 11) is 0. The van der Waals surface area contributed by atoms with Gasteiger partial charge < -0.3 is 5.32 Å². The summed E-state index contributed by atoms with van der Waals surface area (Å²) >= 11 is 6.22. The van der Waals surface area contributed by atoms with E-state index in [1.807, 2.05) is 12.1 Å². The van der Waals surface area contributed by atoms with Crippen LogP contribution in [0.15, 0.2) is 48.5 Å². The minimum absolute atomic E-state index is 0.323. The number of benzene rings is 2. The van der Waals surface area contributed by atoms with Crippen molar-refractivity contribution in [3.63, 3.8) is 0 Å². The predicted molar refractivity (Wildman–Crippen MR) is 77.9 cm³/mol. The highest BCUT2D eigenvalue weighted by Crippen LogP contribution is 2.19. The molecule has 0 aromatic heterocycles. The molecule has 0 saturated carbocycles. The first-order valence-corrected chi connectivity index (χ1v) is 6.58. The topological polar surface area (TPSA) is 12.0 Å². The molecule has 0 spiro atoms. The summed E-state index contributed by atoms with van der Waals surface area (Å²) < 4.78 is 0. The summed E-state index contributed by atoms with van der Waals surface area (Å²) in [5, 5.41) is 4.33. The SMILES string of the molecule is Cc1ccc(CNC(C)c2ccccc2)c(Cl)c1. The first kappa shape index (κ1) is 13.1. The molecule has 0 heterocycles. The molecule has 1 unspecified atom stereocenters. The first-order chi connectivity index (χ1) is 8.66. The largest absolute Gasteiger partial charge is 0.306 e. The summed E-state index contributed by atoms with van der Waals surface area (Å²) in [6.45, 7) is 5.00. The Morgan fingerprint density at radius 2 is 1.83 bits per heavy atom. The second-order valence-corrected chi connectivity index (χ2v) is 5.02. The summed E-state index contributed by atoms with van der Waals surface area (Å²) in [5.74, 6) is 0. The second kappa shape index (κ2) is 6.03. The quantitative estimate of drug-likeness (QED) is 0.853. The Hall–Kier alpha value is -1.31.